The molecule has 1 aliphatic carbocycles. The third kappa shape index (κ3) is 4.49. The van der Waals surface area contributed by atoms with E-state index in [4.69, 9.17) is 9.57 Å². The van der Waals surface area contributed by atoms with Gasteiger partial charge < -0.3 is 14.9 Å². The summed E-state index contributed by atoms with van der Waals surface area (Å²) in [5, 5.41) is 3.32. The maximum atomic E-state index is 12.2. The van der Waals surface area contributed by atoms with Crippen LogP contribution in [0.25, 0.3) is 0 Å². The second-order valence-corrected chi connectivity index (χ2v) is 8.13. The van der Waals surface area contributed by atoms with E-state index in [2.05, 4.69) is 5.32 Å². The van der Waals surface area contributed by atoms with E-state index in [9.17, 15) is 19.2 Å². The van der Waals surface area contributed by atoms with Crippen LogP contribution in [0.2, 0.25) is 0 Å². The first-order valence-electron chi connectivity index (χ1n) is 9.32. The summed E-state index contributed by atoms with van der Waals surface area (Å²) in [6.45, 7) is 5.41. The molecule has 0 spiro atoms. The van der Waals surface area contributed by atoms with Crippen molar-refractivity contribution in [2.45, 2.75) is 58.1 Å². The van der Waals surface area contributed by atoms with Crippen molar-refractivity contribution < 1.29 is 28.8 Å². The van der Waals surface area contributed by atoms with Gasteiger partial charge in [-0.25, -0.2) is 9.59 Å². The van der Waals surface area contributed by atoms with Gasteiger partial charge in [0.15, 0.2) is 0 Å². The molecule has 8 nitrogen and oxygen atoms in total. The van der Waals surface area contributed by atoms with Gasteiger partial charge in [-0.3, -0.25) is 9.59 Å². The van der Waals surface area contributed by atoms with Crippen LogP contribution in [-0.4, -0.2) is 40.6 Å². The Labute approximate surface area is 163 Å². The van der Waals surface area contributed by atoms with Crippen molar-refractivity contribution >= 4 is 23.9 Å². The molecule has 0 aromatic heterocycles. The highest BCUT2D eigenvalue weighted by molar-refractivity contribution is 6.20. The molecular weight excluding hydrogens is 364 g/mol. The van der Waals surface area contributed by atoms with Crippen molar-refractivity contribution in [3.05, 3.63) is 35.4 Å². The number of nitrogens with zero attached hydrogens (tertiary/aromatic N) is 1. The van der Waals surface area contributed by atoms with Gasteiger partial charge in [0.1, 0.15) is 5.60 Å². The fourth-order valence-corrected chi connectivity index (χ4v) is 3.28. The molecule has 3 amide bonds. The molecule has 0 unspecified atom stereocenters. The average Bonchev–Trinajstić information content (AvgIpc) is 2.80. The smallest absolute Gasteiger partial charge is 0.407 e. The molecule has 0 bridgehead atoms. The summed E-state index contributed by atoms with van der Waals surface area (Å²) in [7, 11) is 0. The standard InChI is InChI=1S/C20H24N2O6/c1-20(2,3)27-19(26)21-13-10-12(11-13)8-9-16(23)28-22-17(24)14-6-4-5-7-15(14)18(22)25/h4-7,12-13H,8-11H2,1-3H3,(H,21,26). The molecule has 1 aromatic carbocycles. The van der Waals surface area contributed by atoms with E-state index in [-0.39, 0.29) is 29.5 Å². The summed E-state index contributed by atoms with van der Waals surface area (Å²) in [6.07, 6.45) is 1.71. The Morgan fingerprint density at radius 1 is 1.11 bits per heavy atom. The maximum Gasteiger partial charge on any atom is 0.407 e. The van der Waals surface area contributed by atoms with Crippen molar-refractivity contribution in [1.82, 2.24) is 10.4 Å². The van der Waals surface area contributed by atoms with Gasteiger partial charge >= 0.3 is 12.1 Å². The van der Waals surface area contributed by atoms with Crippen LogP contribution in [-0.2, 0) is 14.4 Å². The largest absolute Gasteiger partial charge is 0.444 e. The maximum absolute atomic E-state index is 12.2. The molecule has 1 heterocycles. The highest BCUT2D eigenvalue weighted by Gasteiger charge is 2.39. The van der Waals surface area contributed by atoms with Crippen molar-refractivity contribution in [3.63, 3.8) is 0 Å². The zero-order valence-corrected chi connectivity index (χ0v) is 16.2. The summed E-state index contributed by atoms with van der Waals surface area (Å²) in [5.41, 5.74) is -0.0770. The third-order valence-electron chi connectivity index (χ3n) is 4.66. The van der Waals surface area contributed by atoms with Crippen molar-refractivity contribution in [3.8, 4) is 0 Å². The molecule has 0 radical (unpaired) electrons. The molecule has 150 valence electrons. The van der Waals surface area contributed by atoms with Gasteiger partial charge in [-0.1, -0.05) is 17.2 Å². The van der Waals surface area contributed by atoms with Crippen LogP contribution < -0.4 is 5.32 Å². The Bertz CT molecular complexity index is 772. The number of nitrogens with one attached hydrogen (secondary N) is 1. The summed E-state index contributed by atoms with van der Waals surface area (Å²) in [5.74, 6) is -1.61. The first-order chi connectivity index (χ1) is 13.1. The predicted molar refractivity (Wildman–Crippen MR) is 98.1 cm³/mol. The Hall–Kier alpha value is -2.90. The lowest BCUT2D eigenvalue weighted by Gasteiger charge is -2.36. The van der Waals surface area contributed by atoms with Crippen LogP contribution in [0.1, 0.15) is 67.2 Å². The minimum absolute atomic E-state index is 0.0344. The second kappa shape index (κ2) is 7.61. The lowest BCUT2D eigenvalue weighted by atomic mass is 9.77. The summed E-state index contributed by atoms with van der Waals surface area (Å²) < 4.78 is 5.21. The topological polar surface area (TPSA) is 102 Å². The number of ether oxygens (including phenoxy) is 1. The zero-order chi connectivity index (χ0) is 20.5. The first kappa shape index (κ1) is 19.9. The molecule has 1 saturated carbocycles. The van der Waals surface area contributed by atoms with E-state index in [0.717, 1.165) is 12.8 Å². The lowest BCUT2D eigenvalue weighted by molar-refractivity contribution is -0.169. The number of amides is 3. The summed E-state index contributed by atoms with van der Waals surface area (Å²) >= 11 is 0. The Kier molecular flexibility index (Phi) is 5.40. The molecule has 1 aromatic rings. The minimum atomic E-state index is -0.627. The van der Waals surface area contributed by atoms with Crippen LogP contribution in [0.3, 0.4) is 0 Å². The molecule has 0 saturated heterocycles. The van der Waals surface area contributed by atoms with Crippen molar-refractivity contribution in [1.29, 1.82) is 0 Å². The number of alkyl carbamates (subject to hydrolysis) is 1. The summed E-state index contributed by atoms with van der Waals surface area (Å²) in [4.78, 5) is 53.1. The van der Waals surface area contributed by atoms with Crippen LogP contribution >= 0.6 is 0 Å². The number of hydrogen-bond acceptors (Lipinski definition) is 6. The molecule has 28 heavy (non-hydrogen) atoms. The van der Waals surface area contributed by atoms with E-state index >= 15 is 0 Å². The molecular formula is C20H24N2O6. The summed E-state index contributed by atoms with van der Waals surface area (Å²) in [6, 6.07) is 6.37. The van der Waals surface area contributed by atoms with Gasteiger partial charge in [0.25, 0.3) is 11.8 Å². The highest BCUT2D eigenvalue weighted by atomic mass is 16.7. The number of rotatable bonds is 5. The zero-order valence-electron chi connectivity index (χ0n) is 16.2. The molecule has 8 heteroatoms. The van der Waals surface area contributed by atoms with Crippen LogP contribution in [0.15, 0.2) is 24.3 Å². The SMILES string of the molecule is CC(C)(C)OC(=O)NC1CC(CCC(=O)ON2C(=O)c3ccccc3C2=O)C1. The number of carbonyl (C=O) groups is 4. The van der Waals surface area contributed by atoms with Crippen LogP contribution in [0.4, 0.5) is 4.79 Å². The molecule has 3 rings (SSSR count). The monoisotopic (exact) mass is 388 g/mol. The van der Waals surface area contributed by atoms with Gasteiger partial charge in [0, 0.05) is 12.5 Å². The number of fused-ring (bicyclic) bond motifs is 1. The first-order valence-corrected chi connectivity index (χ1v) is 9.32. The average molecular weight is 388 g/mol. The highest BCUT2D eigenvalue weighted by Crippen LogP contribution is 2.32. The van der Waals surface area contributed by atoms with Gasteiger partial charge in [-0.15, -0.1) is 0 Å². The molecule has 2 aliphatic rings. The fourth-order valence-electron chi connectivity index (χ4n) is 3.28. The van der Waals surface area contributed by atoms with E-state index in [0.29, 0.717) is 11.5 Å². The quantitative estimate of drug-likeness (QED) is 0.778. The Morgan fingerprint density at radius 2 is 1.68 bits per heavy atom. The van der Waals surface area contributed by atoms with Crippen LogP contribution in [0.5, 0.6) is 0 Å². The number of hydroxylamine groups is 2. The molecule has 1 fully saturated rings. The number of carbonyl (C=O) groups excluding carboxylic acids is 4. The van der Waals surface area contributed by atoms with E-state index in [1.807, 2.05) is 0 Å². The number of imide groups is 1. The lowest BCUT2D eigenvalue weighted by Crippen LogP contribution is -2.46. The molecule has 1 N–H and O–H groups in total. The van der Waals surface area contributed by atoms with E-state index < -0.39 is 29.5 Å². The van der Waals surface area contributed by atoms with Gasteiger partial charge in [-0.2, -0.15) is 0 Å². The van der Waals surface area contributed by atoms with Crippen molar-refractivity contribution in [2.24, 2.45) is 5.92 Å². The predicted octanol–water partition coefficient (Wildman–Crippen LogP) is 2.82. The van der Waals surface area contributed by atoms with E-state index in [1.165, 1.54) is 12.1 Å². The minimum Gasteiger partial charge on any atom is -0.444 e. The fraction of sp³-hybridized carbons (Fsp3) is 0.500. The number of hydrogen-bond donors (Lipinski definition) is 1. The van der Waals surface area contributed by atoms with Crippen molar-refractivity contribution in [2.75, 3.05) is 0 Å². The van der Waals surface area contributed by atoms with Gasteiger partial charge in [0.05, 0.1) is 11.1 Å². The Balaban J connectivity index is 1.38. The van der Waals surface area contributed by atoms with E-state index in [1.54, 1.807) is 32.9 Å². The second-order valence-electron chi connectivity index (χ2n) is 8.13. The third-order valence-corrected chi connectivity index (χ3v) is 4.66. The van der Waals surface area contributed by atoms with Gasteiger partial charge in [-0.05, 0) is 58.1 Å². The normalized spacial score (nSPS) is 21.0. The molecule has 0 atom stereocenters. The number of benzene rings is 1. The Morgan fingerprint density at radius 3 is 2.21 bits per heavy atom. The molecule has 1 aliphatic heterocycles. The van der Waals surface area contributed by atoms with Crippen LogP contribution in [0, 0.1) is 5.92 Å². The van der Waals surface area contributed by atoms with Gasteiger partial charge in [0.2, 0.25) is 0 Å².